The maximum Gasteiger partial charge on any atom is 0.253 e. The summed E-state index contributed by atoms with van der Waals surface area (Å²) >= 11 is 0. The van der Waals surface area contributed by atoms with Gasteiger partial charge in [-0.05, 0) is 86.3 Å². The molecule has 1 saturated heterocycles. The number of carbonyl (C=O) groups excluding carboxylic acids is 1. The summed E-state index contributed by atoms with van der Waals surface area (Å²) in [6, 6.07) is 24.6. The highest BCUT2D eigenvalue weighted by Gasteiger charge is 2.18. The predicted octanol–water partition coefficient (Wildman–Crippen LogP) is 5.30. The molecular formula is C30H35N3O3S. The molecule has 1 aliphatic heterocycles. The standard InChI is InChI=1S/C30H35N3O3S/c1-3-33(4-2)30(34)26-15-13-24(14-16-26)29(25-17-19-31-20-18-25)27-11-8-12-28(21-27)32-37(35,36)22-23-9-6-5-7-10-23/h5-16,21,31-32H,3-4,17-20,22H2,1-2H3. The third-order valence-corrected chi connectivity index (χ3v) is 7.92. The summed E-state index contributed by atoms with van der Waals surface area (Å²) in [7, 11) is -3.57. The lowest BCUT2D eigenvalue weighted by Crippen LogP contribution is -2.30. The molecule has 4 rings (SSSR count). The van der Waals surface area contributed by atoms with E-state index in [4.69, 9.17) is 0 Å². The van der Waals surface area contributed by atoms with Gasteiger partial charge in [0, 0.05) is 24.3 Å². The fourth-order valence-electron chi connectivity index (χ4n) is 4.77. The van der Waals surface area contributed by atoms with Crippen LogP contribution in [-0.4, -0.2) is 45.4 Å². The maximum atomic E-state index is 12.9. The zero-order chi connectivity index (χ0) is 26.3. The van der Waals surface area contributed by atoms with Crippen LogP contribution in [0.15, 0.2) is 84.4 Å². The number of anilines is 1. The Labute approximate surface area is 220 Å². The molecule has 1 fully saturated rings. The number of carbonyl (C=O) groups is 1. The first-order valence-corrected chi connectivity index (χ1v) is 14.5. The van der Waals surface area contributed by atoms with E-state index in [0.717, 1.165) is 48.2 Å². The molecule has 0 spiro atoms. The van der Waals surface area contributed by atoms with Crippen molar-refractivity contribution in [1.29, 1.82) is 0 Å². The molecule has 7 heteroatoms. The van der Waals surface area contributed by atoms with E-state index in [1.807, 2.05) is 91.5 Å². The van der Waals surface area contributed by atoms with Crippen LogP contribution in [0, 0.1) is 0 Å². The number of nitrogens with one attached hydrogen (secondary N) is 2. The zero-order valence-electron chi connectivity index (χ0n) is 21.5. The fraction of sp³-hybridized carbons (Fsp3) is 0.300. The molecule has 37 heavy (non-hydrogen) atoms. The maximum absolute atomic E-state index is 12.9. The molecule has 0 aromatic heterocycles. The lowest BCUT2D eigenvalue weighted by atomic mass is 9.88. The van der Waals surface area contributed by atoms with E-state index in [0.29, 0.717) is 24.3 Å². The van der Waals surface area contributed by atoms with Gasteiger partial charge in [0.2, 0.25) is 10.0 Å². The summed E-state index contributed by atoms with van der Waals surface area (Å²) in [4.78, 5) is 14.6. The molecule has 1 heterocycles. The molecule has 3 aromatic carbocycles. The summed E-state index contributed by atoms with van der Waals surface area (Å²) in [6.45, 7) is 7.12. The molecule has 0 saturated carbocycles. The number of hydrogen-bond donors (Lipinski definition) is 2. The van der Waals surface area contributed by atoms with Gasteiger partial charge in [0.05, 0.1) is 5.75 Å². The minimum atomic E-state index is -3.57. The summed E-state index contributed by atoms with van der Waals surface area (Å²) in [5.41, 5.74) is 6.36. The van der Waals surface area contributed by atoms with E-state index in [1.54, 1.807) is 6.07 Å². The number of amides is 1. The van der Waals surface area contributed by atoms with Crippen molar-refractivity contribution >= 4 is 27.2 Å². The SMILES string of the molecule is CCN(CC)C(=O)c1ccc(C(=C2CCNCC2)c2cccc(NS(=O)(=O)Cc3ccccc3)c2)cc1. The Hall–Kier alpha value is -3.42. The van der Waals surface area contributed by atoms with Crippen LogP contribution >= 0.6 is 0 Å². The molecule has 1 amide bonds. The van der Waals surface area contributed by atoms with Gasteiger partial charge in [-0.25, -0.2) is 8.42 Å². The minimum absolute atomic E-state index is 0.0300. The average Bonchev–Trinajstić information content (AvgIpc) is 2.91. The van der Waals surface area contributed by atoms with Gasteiger partial charge in [0.25, 0.3) is 5.91 Å². The van der Waals surface area contributed by atoms with E-state index in [1.165, 1.54) is 5.57 Å². The first-order valence-electron chi connectivity index (χ1n) is 12.9. The molecule has 0 unspecified atom stereocenters. The first-order chi connectivity index (χ1) is 17.9. The highest BCUT2D eigenvalue weighted by Crippen LogP contribution is 2.33. The smallest absolute Gasteiger partial charge is 0.253 e. The number of benzene rings is 3. The Morgan fingerprint density at radius 2 is 1.49 bits per heavy atom. The van der Waals surface area contributed by atoms with E-state index in [-0.39, 0.29) is 11.7 Å². The van der Waals surface area contributed by atoms with Gasteiger partial charge in [-0.3, -0.25) is 9.52 Å². The largest absolute Gasteiger partial charge is 0.339 e. The number of rotatable bonds is 9. The highest BCUT2D eigenvalue weighted by atomic mass is 32.2. The molecule has 2 N–H and O–H groups in total. The number of sulfonamides is 1. The third kappa shape index (κ3) is 6.87. The van der Waals surface area contributed by atoms with Crippen LogP contribution in [0.4, 0.5) is 5.69 Å². The van der Waals surface area contributed by atoms with E-state index in [2.05, 4.69) is 10.0 Å². The lowest BCUT2D eigenvalue weighted by Gasteiger charge is -2.22. The van der Waals surface area contributed by atoms with Crippen LogP contribution in [0.2, 0.25) is 0 Å². The van der Waals surface area contributed by atoms with Crippen molar-refractivity contribution in [2.24, 2.45) is 0 Å². The predicted molar refractivity (Wildman–Crippen MR) is 151 cm³/mol. The lowest BCUT2D eigenvalue weighted by molar-refractivity contribution is 0.0773. The van der Waals surface area contributed by atoms with Crippen molar-refractivity contribution in [1.82, 2.24) is 10.2 Å². The monoisotopic (exact) mass is 517 g/mol. The van der Waals surface area contributed by atoms with Gasteiger partial charge in [-0.1, -0.05) is 60.2 Å². The van der Waals surface area contributed by atoms with Crippen molar-refractivity contribution in [3.8, 4) is 0 Å². The van der Waals surface area contributed by atoms with E-state index < -0.39 is 10.0 Å². The third-order valence-electron chi connectivity index (χ3n) is 6.66. The molecule has 1 aliphatic rings. The zero-order valence-corrected chi connectivity index (χ0v) is 22.4. The van der Waals surface area contributed by atoms with Crippen molar-refractivity contribution in [2.75, 3.05) is 30.9 Å². The molecule has 194 valence electrons. The Bertz CT molecular complexity index is 1340. The summed E-state index contributed by atoms with van der Waals surface area (Å²) in [5.74, 6) is -0.0536. The number of nitrogens with zero attached hydrogens (tertiary/aromatic N) is 1. The van der Waals surface area contributed by atoms with Gasteiger partial charge in [0.15, 0.2) is 0 Å². The second-order valence-corrected chi connectivity index (χ2v) is 10.9. The second-order valence-electron chi connectivity index (χ2n) is 9.21. The quantitative estimate of drug-likeness (QED) is 0.404. The Kier molecular flexibility index (Phi) is 8.79. The van der Waals surface area contributed by atoms with Gasteiger partial charge in [-0.2, -0.15) is 0 Å². The summed E-state index contributed by atoms with van der Waals surface area (Å²) < 4.78 is 28.5. The molecule has 3 aromatic rings. The summed E-state index contributed by atoms with van der Waals surface area (Å²) in [5, 5.41) is 3.41. The summed E-state index contributed by atoms with van der Waals surface area (Å²) in [6.07, 6.45) is 1.83. The molecular weight excluding hydrogens is 482 g/mol. The van der Waals surface area contributed by atoms with Crippen LogP contribution in [0.5, 0.6) is 0 Å². The molecule has 0 bridgehead atoms. The van der Waals surface area contributed by atoms with Crippen LogP contribution in [0.1, 0.15) is 53.7 Å². The average molecular weight is 518 g/mol. The Morgan fingerprint density at radius 3 is 2.14 bits per heavy atom. The topological polar surface area (TPSA) is 78.5 Å². The van der Waals surface area contributed by atoms with Crippen molar-refractivity contribution in [3.05, 3.63) is 107 Å². The van der Waals surface area contributed by atoms with Crippen LogP contribution in [0.3, 0.4) is 0 Å². The van der Waals surface area contributed by atoms with Crippen molar-refractivity contribution in [2.45, 2.75) is 32.4 Å². The number of hydrogen-bond acceptors (Lipinski definition) is 4. The van der Waals surface area contributed by atoms with Crippen molar-refractivity contribution in [3.63, 3.8) is 0 Å². The minimum Gasteiger partial charge on any atom is -0.339 e. The van der Waals surface area contributed by atoms with Crippen LogP contribution < -0.4 is 10.0 Å². The van der Waals surface area contributed by atoms with Crippen LogP contribution in [-0.2, 0) is 15.8 Å². The van der Waals surface area contributed by atoms with Crippen molar-refractivity contribution < 1.29 is 13.2 Å². The normalized spacial score (nSPS) is 13.7. The van der Waals surface area contributed by atoms with E-state index in [9.17, 15) is 13.2 Å². The second kappa shape index (κ2) is 12.2. The highest BCUT2D eigenvalue weighted by molar-refractivity contribution is 7.91. The Balaban J connectivity index is 1.65. The number of piperidine rings is 1. The van der Waals surface area contributed by atoms with Crippen LogP contribution in [0.25, 0.3) is 5.57 Å². The van der Waals surface area contributed by atoms with Gasteiger partial charge in [-0.15, -0.1) is 0 Å². The van der Waals surface area contributed by atoms with Gasteiger partial charge in [0.1, 0.15) is 0 Å². The van der Waals surface area contributed by atoms with Gasteiger partial charge < -0.3 is 10.2 Å². The fourth-order valence-corrected chi connectivity index (χ4v) is 5.96. The molecule has 0 radical (unpaired) electrons. The molecule has 0 aliphatic carbocycles. The molecule has 0 atom stereocenters. The first kappa shape index (κ1) is 26.6. The molecule has 6 nitrogen and oxygen atoms in total. The van der Waals surface area contributed by atoms with Gasteiger partial charge >= 0.3 is 0 Å². The van der Waals surface area contributed by atoms with E-state index >= 15 is 0 Å². The Morgan fingerprint density at radius 1 is 0.838 bits per heavy atom.